The second kappa shape index (κ2) is 6.64. The molecule has 0 atom stereocenters. The molecule has 0 amide bonds. The van der Waals surface area contributed by atoms with E-state index in [9.17, 15) is 9.59 Å². The van der Waals surface area contributed by atoms with Crippen molar-refractivity contribution in [2.24, 2.45) is 0 Å². The molecule has 1 aromatic heterocycles. The Morgan fingerprint density at radius 1 is 1.19 bits per heavy atom. The lowest BCUT2D eigenvalue weighted by atomic mass is 10.0. The maximum atomic E-state index is 12.1. The maximum absolute atomic E-state index is 12.1. The van der Waals surface area contributed by atoms with Crippen molar-refractivity contribution >= 4 is 29.2 Å². The highest BCUT2D eigenvalue weighted by atomic mass is 32.1. The van der Waals surface area contributed by atoms with E-state index < -0.39 is 5.97 Å². The molecule has 21 heavy (non-hydrogen) atoms. The van der Waals surface area contributed by atoms with Crippen LogP contribution in [0, 0.1) is 11.3 Å². The third-order valence-electron chi connectivity index (χ3n) is 2.79. The third kappa shape index (κ3) is 3.44. The molecule has 4 nitrogen and oxygen atoms in total. The number of ether oxygens (including phenoxy) is 1. The van der Waals surface area contributed by atoms with E-state index in [2.05, 4.69) is 4.74 Å². The molecule has 2 rings (SSSR count). The Balaban J connectivity index is 2.27. The molecule has 0 aliphatic carbocycles. The van der Waals surface area contributed by atoms with Gasteiger partial charge in [0.1, 0.15) is 11.6 Å². The first-order chi connectivity index (χ1) is 10.2. The summed E-state index contributed by atoms with van der Waals surface area (Å²) in [5, 5.41) is 12.6. The highest BCUT2D eigenvalue weighted by Gasteiger charge is 2.12. The molecule has 0 N–H and O–H groups in total. The summed E-state index contributed by atoms with van der Waals surface area (Å²) < 4.78 is 4.61. The first-order valence-electron chi connectivity index (χ1n) is 6.03. The minimum atomic E-state index is -0.430. The third-order valence-corrected chi connectivity index (χ3v) is 3.47. The van der Waals surface area contributed by atoms with Crippen molar-refractivity contribution in [3.05, 3.63) is 63.4 Å². The Morgan fingerprint density at radius 2 is 1.90 bits per heavy atom. The molecular weight excluding hydrogens is 286 g/mol. The predicted molar refractivity (Wildman–Crippen MR) is 80.0 cm³/mol. The number of carbonyl (C=O) groups excluding carboxylic acids is 2. The number of Topliss-reactive ketones (excluding diaryl/α,β-unsaturated/α-hetero) is 1. The van der Waals surface area contributed by atoms with E-state index in [1.807, 2.05) is 6.07 Å². The van der Waals surface area contributed by atoms with Crippen molar-refractivity contribution in [1.29, 1.82) is 5.26 Å². The molecule has 1 aromatic carbocycles. The maximum Gasteiger partial charge on any atom is 0.337 e. The fourth-order valence-electron chi connectivity index (χ4n) is 1.70. The number of thiophene rings is 1. The Labute approximate surface area is 125 Å². The SMILES string of the molecule is COC(=O)c1ccc(C=C(C#N)C(=O)c2ccsc2)cc1. The van der Waals surface area contributed by atoms with Gasteiger partial charge >= 0.3 is 5.97 Å². The van der Waals surface area contributed by atoms with Gasteiger partial charge in [-0.05, 0) is 35.2 Å². The molecular formula is C16H11NO3S. The van der Waals surface area contributed by atoms with Gasteiger partial charge in [0.15, 0.2) is 0 Å². The lowest BCUT2D eigenvalue weighted by Gasteiger charge is -2.00. The van der Waals surface area contributed by atoms with Gasteiger partial charge in [0.25, 0.3) is 0 Å². The summed E-state index contributed by atoms with van der Waals surface area (Å²) in [7, 11) is 1.31. The Morgan fingerprint density at radius 3 is 2.43 bits per heavy atom. The molecule has 0 bridgehead atoms. The van der Waals surface area contributed by atoms with Crippen LogP contribution in [0.5, 0.6) is 0 Å². The van der Waals surface area contributed by atoms with E-state index in [1.54, 1.807) is 41.1 Å². The zero-order chi connectivity index (χ0) is 15.2. The zero-order valence-corrected chi connectivity index (χ0v) is 12.0. The molecule has 0 saturated carbocycles. The van der Waals surface area contributed by atoms with Crippen LogP contribution in [0.15, 0.2) is 46.7 Å². The normalized spacial score (nSPS) is 10.8. The highest BCUT2D eigenvalue weighted by molar-refractivity contribution is 7.08. The number of methoxy groups -OCH3 is 1. The average molecular weight is 297 g/mol. The number of hydrogen-bond donors (Lipinski definition) is 0. The second-order valence-electron chi connectivity index (χ2n) is 4.12. The van der Waals surface area contributed by atoms with Gasteiger partial charge in [-0.2, -0.15) is 16.6 Å². The number of rotatable bonds is 4. The van der Waals surface area contributed by atoms with Crippen molar-refractivity contribution in [3.8, 4) is 6.07 Å². The van der Waals surface area contributed by atoms with Crippen molar-refractivity contribution < 1.29 is 14.3 Å². The molecule has 0 fully saturated rings. The van der Waals surface area contributed by atoms with Gasteiger partial charge in [-0.25, -0.2) is 4.79 Å². The van der Waals surface area contributed by atoms with Crippen LogP contribution in [0.2, 0.25) is 0 Å². The number of carbonyl (C=O) groups is 2. The standard InChI is InChI=1S/C16H11NO3S/c1-20-16(19)12-4-2-11(3-5-12)8-14(9-17)15(18)13-6-7-21-10-13/h2-8,10H,1H3. The summed E-state index contributed by atoms with van der Waals surface area (Å²) in [5.41, 5.74) is 1.64. The number of allylic oxidation sites excluding steroid dienone is 1. The Hall–Kier alpha value is -2.71. The molecule has 0 saturated heterocycles. The molecule has 0 spiro atoms. The fourth-order valence-corrected chi connectivity index (χ4v) is 2.33. The second-order valence-corrected chi connectivity index (χ2v) is 4.90. The number of nitrogens with zero attached hydrogens (tertiary/aromatic N) is 1. The molecule has 104 valence electrons. The molecule has 0 aliphatic heterocycles. The topological polar surface area (TPSA) is 67.2 Å². The lowest BCUT2D eigenvalue weighted by Crippen LogP contribution is -2.01. The first-order valence-corrected chi connectivity index (χ1v) is 6.97. The quantitative estimate of drug-likeness (QED) is 0.376. The van der Waals surface area contributed by atoms with Crippen molar-refractivity contribution in [2.45, 2.75) is 0 Å². The van der Waals surface area contributed by atoms with Crippen LogP contribution >= 0.6 is 11.3 Å². The van der Waals surface area contributed by atoms with Crippen LogP contribution in [-0.4, -0.2) is 18.9 Å². The smallest absolute Gasteiger partial charge is 0.337 e. The molecule has 5 heteroatoms. The van der Waals surface area contributed by atoms with Gasteiger partial charge in [0.05, 0.1) is 12.7 Å². The summed E-state index contributed by atoms with van der Waals surface area (Å²) in [5.74, 6) is -0.740. The van der Waals surface area contributed by atoms with Crippen LogP contribution in [0.3, 0.4) is 0 Å². The number of nitriles is 1. The van der Waals surface area contributed by atoms with E-state index in [1.165, 1.54) is 24.5 Å². The van der Waals surface area contributed by atoms with Gasteiger partial charge in [-0.3, -0.25) is 4.79 Å². The summed E-state index contributed by atoms with van der Waals surface area (Å²) in [6.45, 7) is 0. The average Bonchev–Trinajstić information content (AvgIpc) is 3.06. The zero-order valence-electron chi connectivity index (χ0n) is 11.2. The lowest BCUT2D eigenvalue weighted by molar-refractivity contribution is 0.0600. The van der Waals surface area contributed by atoms with Gasteiger partial charge < -0.3 is 4.74 Å². The van der Waals surface area contributed by atoms with Crippen molar-refractivity contribution in [1.82, 2.24) is 0 Å². The van der Waals surface area contributed by atoms with E-state index in [4.69, 9.17) is 5.26 Å². The number of esters is 1. The molecule has 0 unspecified atom stereocenters. The van der Waals surface area contributed by atoms with Crippen LogP contribution < -0.4 is 0 Å². The molecule has 0 radical (unpaired) electrons. The Kier molecular flexibility index (Phi) is 4.64. The first kappa shape index (κ1) is 14.7. The van der Waals surface area contributed by atoms with Crippen LogP contribution in [-0.2, 0) is 4.74 Å². The van der Waals surface area contributed by atoms with Crippen LogP contribution in [0.4, 0.5) is 0 Å². The minimum Gasteiger partial charge on any atom is -0.465 e. The number of hydrogen-bond acceptors (Lipinski definition) is 5. The molecule has 1 heterocycles. The largest absolute Gasteiger partial charge is 0.465 e. The van der Waals surface area contributed by atoms with E-state index in [0.717, 1.165) is 0 Å². The molecule has 2 aromatic rings. The van der Waals surface area contributed by atoms with E-state index in [-0.39, 0.29) is 11.4 Å². The van der Waals surface area contributed by atoms with Gasteiger partial charge in [0.2, 0.25) is 5.78 Å². The van der Waals surface area contributed by atoms with Crippen molar-refractivity contribution in [2.75, 3.05) is 7.11 Å². The fraction of sp³-hybridized carbons (Fsp3) is 0.0625. The summed E-state index contributed by atoms with van der Waals surface area (Å²) in [6.07, 6.45) is 1.50. The number of benzene rings is 1. The van der Waals surface area contributed by atoms with Gasteiger partial charge in [0, 0.05) is 10.9 Å². The number of ketones is 1. The van der Waals surface area contributed by atoms with Gasteiger partial charge in [-0.15, -0.1) is 0 Å². The minimum absolute atomic E-state index is 0.0548. The monoisotopic (exact) mass is 297 g/mol. The predicted octanol–water partition coefficient (Wildman–Crippen LogP) is 3.32. The van der Waals surface area contributed by atoms with Gasteiger partial charge in [-0.1, -0.05) is 12.1 Å². The highest BCUT2D eigenvalue weighted by Crippen LogP contribution is 2.15. The Bertz CT molecular complexity index is 722. The van der Waals surface area contributed by atoms with E-state index in [0.29, 0.717) is 16.7 Å². The molecule has 0 aliphatic rings. The van der Waals surface area contributed by atoms with E-state index >= 15 is 0 Å². The summed E-state index contributed by atoms with van der Waals surface area (Å²) >= 11 is 1.40. The summed E-state index contributed by atoms with van der Waals surface area (Å²) in [6, 6.07) is 10.1. The van der Waals surface area contributed by atoms with Crippen LogP contribution in [0.25, 0.3) is 6.08 Å². The van der Waals surface area contributed by atoms with Crippen LogP contribution in [0.1, 0.15) is 26.3 Å². The summed E-state index contributed by atoms with van der Waals surface area (Å²) in [4.78, 5) is 23.4. The van der Waals surface area contributed by atoms with Crippen molar-refractivity contribution in [3.63, 3.8) is 0 Å².